The smallest absolute Gasteiger partial charge is 0.340 e. The Labute approximate surface area is 123 Å². The zero-order chi connectivity index (χ0) is 15.1. The molecule has 0 fully saturated rings. The summed E-state index contributed by atoms with van der Waals surface area (Å²) in [6, 6.07) is 13.5. The normalized spacial score (nSPS) is 11.3. The molecule has 0 amide bonds. The molecule has 3 nitrogen and oxygen atoms in total. The molecule has 0 N–H and O–H groups in total. The topological polar surface area (TPSA) is 35.5 Å². The minimum atomic E-state index is -0.876. The lowest BCUT2D eigenvalue weighted by Crippen LogP contribution is -2.19. The third kappa shape index (κ3) is 3.63. The van der Waals surface area contributed by atoms with E-state index in [0.717, 1.165) is 10.8 Å². The van der Waals surface area contributed by atoms with Gasteiger partial charge in [0.15, 0.2) is 12.7 Å². The standard InChI is InChI=1S/C18H14O3/c1-3-11-20-17(18(19)21-12-4-2)16-10-9-14-7-5-6-8-15(14)13-16/h1-2,5-10,13,17H,11-12H2. The molecule has 21 heavy (non-hydrogen) atoms. The second-order valence-electron chi connectivity index (χ2n) is 4.31. The molecule has 0 bridgehead atoms. The van der Waals surface area contributed by atoms with Crippen molar-refractivity contribution in [1.29, 1.82) is 0 Å². The van der Waals surface area contributed by atoms with E-state index < -0.39 is 12.1 Å². The summed E-state index contributed by atoms with van der Waals surface area (Å²) in [5, 5.41) is 2.09. The van der Waals surface area contributed by atoms with Gasteiger partial charge in [-0.1, -0.05) is 48.2 Å². The van der Waals surface area contributed by atoms with Crippen molar-refractivity contribution < 1.29 is 14.3 Å². The Morgan fingerprint density at radius 2 is 1.76 bits per heavy atom. The molecule has 0 aliphatic rings. The lowest BCUT2D eigenvalue weighted by atomic mass is 10.0. The predicted octanol–water partition coefficient (Wildman–Crippen LogP) is 2.71. The molecule has 1 atom stereocenters. The second kappa shape index (κ2) is 7.14. The summed E-state index contributed by atoms with van der Waals surface area (Å²) in [5.41, 5.74) is 0.686. The molecule has 0 aromatic heterocycles. The molecule has 104 valence electrons. The van der Waals surface area contributed by atoms with Gasteiger partial charge in [0, 0.05) is 0 Å². The zero-order valence-electron chi connectivity index (χ0n) is 11.4. The Kier molecular flexibility index (Phi) is 4.99. The molecular formula is C18H14O3. The van der Waals surface area contributed by atoms with Crippen LogP contribution in [0.15, 0.2) is 42.5 Å². The van der Waals surface area contributed by atoms with Gasteiger partial charge in [-0.2, -0.15) is 0 Å². The first-order valence-electron chi connectivity index (χ1n) is 6.40. The van der Waals surface area contributed by atoms with Crippen molar-refractivity contribution in [2.24, 2.45) is 0 Å². The maximum Gasteiger partial charge on any atom is 0.340 e. The number of carbonyl (C=O) groups excluding carboxylic acids is 1. The monoisotopic (exact) mass is 278 g/mol. The summed E-state index contributed by atoms with van der Waals surface area (Å²) in [6.07, 6.45) is 9.40. The highest BCUT2D eigenvalue weighted by molar-refractivity contribution is 5.85. The fraction of sp³-hybridized carbons (Fsp3) is 0.167. The van der Waals surface area contributed by atoms with Crippen molar-refractivity contribution in [2.45, 2.75) is 6.10 Å². The van der Waals surface area contributed by atoms with Crippen LogP contribution < -0.4 is 0 Å². The van der Waals surface area contributed by atoms with Gasteiger partial charge in [0.25, 0.3) is 0 Å². The molecule has 0 saturated carbocycles. The van der Waals surface area contributed by atoms with E-state index in [0.29, 0.717) is 5.56 Å². The fourth-order valence-electron chi connectivity index (χ4n) is 1.99. The molecular weight excluding hydrogens is 264 g/mol. The van der Waals surface area contributed by atoms with E-state index in [1.165, 1.54) is 0 Å². The van der Waals surface area contributed by atoms with Crippen LogP contribution in [0.25, 0.3) is 10.8 Å². The van der Waals surface area contributed by atoms with Crippen molar-refractivity contribution >= 4 is 16.7 Å². The third-order valence-electron chi connectivity index (χ3n) is 2.92. The van der Waals surface area contributed by atoms with E-state index in [1.807, 2.05) is 42.5 Å². The van der Waals surface area contributed by atoms with Gasteiger partial charge < -0.3 is 9.47 Å². The van der Waals surface area contributed by atoms with Crippen molar-refractivity contribution in [3.63, 3.8) is 0 Å². The van der Waals surface area contributed by atoms with Crippen LogP contribution in [0.4, 0.5) is 0 Å². The van der Waals surface area contributed by atoms with Crippen molar-refractivity contribution in [1.82, 2.24) is 0 Å². The molecule has 2 rings (SSSR count). The van der Waals surface area contributed by atoms with Crippen LogP contribution >= 0.6 is 0 Å². The number of hydrogen-bond acceptors (Lipinski definition) is 3. The highest BCUT2D eigenvalue weighted by atomic mass is 16.6. The molecule has 1 unspecified atom stereocenters. The molecule has 0 radical (unpaired) electrons. The van der Waals surface area contributed by atoms with Crippen LogP contribution in [0.2, 0.25) is 0 Å². The summed E-state index contributed by atoms with van der Waals surface area (Å²) in [6.45, 7) is -0.0784. The third-order valence-corrected chi connectivity index (χ3v) is 2.92. The van der Waals surface area contributed by atoms with Crippen LogP contribution in [-0.4, -0.2) is 19.2 Å². The summed E-state index contributed by atoms with van der Waals surface area (Å²) < 4.78 is 10.4. The van der Waals surface area contributed by atoms with Gasteiger partial charge >= 0.3 is 5.97 Å². The van der Waals surface area contributed by atoms with E-state index in [-0.39, 0.29) is 13.2 Å². The van der Waals surface area contributed by atoms with Crippen LogP contribution in [-0.2, 0) is 14.3 Å². The van der Waals surface area contributed by atoms with Crippen molar-refractivity contribution in [3.05, 3.63) is 48.0 Å². The van der Waals surface area contributed by atoms with Gasteiger partial charge in [-0.25, -0.2) is 4.79 Å². The van der Waals surface area contributed by atoms with Crippen LogP contribution in [0.5, 0.6) is 0 Å². The predicted molar refractivity (Wildman–Crippen MR) is 81.3 cm³/mol. The number of esters is 1. The summed E-state index contributed by atoms with van der Waals surface area (Å²) in [4.78, 5) is 12.0. The number of ether oxygens (including phenoxy) is 2. The highest BCUT2D eigenvalue weighted by Crippen LogP contribution is 2.24. The second-order valence-corrected chi connectivity index (χ2v) is 4.31. The Bertz CT molecular complexity index is 719. The number of hydrogen-bond donors (Lipinski definition) is 0. The maximum absolute atomic E-state index is 12.0. The van der Waals surface area contributed by atoms with E-state index in [9.17, 15) is 4.79 Å². The average molecular weight is 278 g/mol. The van der Waals surface area contributed by atoms with Crippen LogP contribution in [0, 0.1) is 24.7 Å². The number of fused-ring (bicyclic) bond motifs is 1. The van der Waals surface area contributed by atoms with E-state index in [1.54, 1.807) is 0 Å². The molecule has 0 heterocycles. The van der Waals surface area contributed by atoms with Crippen molar-refractivity contribution in [2.75, 3.05) is 13.2 Å². The molecule has 0 saturated heterocycles. The fourth-order valence-corrected chi connectivity index (χ4v) is 1.99. The highest BCUT2D eigenvalue weighted by Gasteiger charge is 2.23. The summed E-state index contributed by atoms with van der Waals surface area (Å²) in [7, 11) is 0. The minimum absolute atomic E-state index is 0.0165. The summed E-state index contributed by atoms with van der Waals surface area (Å²) >= 11 is 0. The average Bonchev–Trinajstić information content (AvgIpc) is 2.53. The molecule has 0 aliphatic carbocycles. The Hall–Kier alpha value is -2.75. The van der Waals surface area contributed by atoms with Gasteiger partial charge in [-0.05, 0) is 22.4 Å². The quantitative estimate of drug-likeness (QED) is 0.623. The zero-order valence-corrected chi connectivity index (χ0v) is 11.4. The first-order valence-corrected chi connectivity index (χ1v) is 6.40. The van der Waals surface area contributed by atoms with Gasteiger partial charge in [0.2, 0.25) is 0 Å². The first kappa shape index (κ1) is 14.7. The van der Waals surface area contributed by atoms with Crippen molar-refractivity contribution in [3.8, 4) is 24.7 Å². The largest absolute Gasteiger partial charge is 0.450 e. The van der Waals surface area contributed by atoms with Gasteiger partial charge in [0.1, 0.15) is 6.61 Å². The van der Waals surface area contributed by atoms with Gasteiger partial charge in [-0.15, -0.1) is 12.8 Å². The van der Waals surface area contributed by atoms with Gasteiger partial charge in [0.05, 0.1) is 0 Å². The van der Waals surface area contributed by atoms with E-state index in [4.69, 9.17) is 22.3 Å². The number of benzene rings is 2. The van der Waals surface area contributed by atoms with E-state index >= 15 is 0 Å². The van der Waals surface area contributed by atoms with Crippen LogP contribution in [0.1, 0.15) is 11.7 Å². The molecule has 3 heteroatoms. The maximum atomic E-state index is 12.0. The van der Waals surface area contributed by atoms with Gasteiger partial charge in [-0.3, -0.25) is 0 Å². The Morgan fingerprint density at radius 1 is 1.05 bits per heavy atom. The van der Waals surface area contributed by atoms with Crippen LogP contribution in [0.3, 0.4) is 0 Å². The number of rotatable bonds is 5. The Morgan fingerprint density at radius 3 is 2.48 bits per heavy atom. The molecule has 0 spiro atoms. The molecule has 2 aromatic carbocycles. The number of terminal acetylenes is 2. The molecule has 2 aromatic rings. The minimum Gasteiger partial charge on any atom is -0.450 e. The Balaban J connectivity index is 2.31. The van der Waals surface area contributed by atoms with E-state index in [2.05, 4.69) is 11.8 Å². The first-order chi connectivity index (χ1) is 10.3. The summed E-state index contributed by atoms with van der Waals surface area (Å²) in [5.74, 6) is 4.05. The lowest BCUT2D eigenvalue weighted by Gasteiger charge is -2.15. The lowest BCUT2D eigenvalue weighted by molar-refractivity contribution is -0.155. The molecule has 0 aliphatic heterocycles. The SMILES string of the molecule is C#CCOC(=O)C(OCC#C)c1ccc2ccccc2c1. The number of carbonyl (C=O) groups is 1.